The predicted molar refractivity (Wildman–Crippen MR) is 82.9 cm³/mol. The Hall–Kier alpha value is -3.10. The third-order valence-electron chi connectivity index (χ3n) is 4.10. The van der Waals surface area contributed by atoms with E-state index < -0.39 is 23.6 Å². The van der Waals surface area contributed by atoms with Gasteiger partial charge in [0.2, 0.25) is 0 Å². The van der Waals surface area contributed by atoms with E-state index in [0.29, 0.717) is 18.1 Å². The maximum Gasteiger partial charge on any atom is 0.358 e. The number of hydrogen-bond donors (Lipinski definition) is 1. The first kappa shape index (κ1) is 15.4. The first-order chi connectivity index (χ1) is 12.1. The summed E-state index contributed by atoms with van der Waals surface area (Å²) in [6.07, 6.45) is 3.20. The van der Waals surface area contributed by atoms with Crippen molar-refractivity contribution in [3.63, 3.8) is 0 Å². The van der Waals surface area contributed by atoms with Gasteiger partial charge in [-0.1, -0.05) is 6.08 Å². The van der Waals surface area contributed by atoms with Crippen LogP contribution < -0.4 is 5.56 Å². The number of fused-ring (bicyclic) bond motifs is 1. The van der Waals surface area contributed by atoms with E-state index in [2.05, 4.69) is 14.8 Å². The second-order valence-electron chi connectivity index (χ2n) is 5.60. The molecule has 0 saturated carbocycles. The van der Waals surface area contributed by atoms with Gasteiger partial charge in [-0.25, -0.2) is 13.7 Å². The van der Waals surface area contributed by atoms with Gasteiger partial charge >= 0.3 is 5.97 Å². The number of aromatic amines is 1. The number of carbonyl (C=O) groups is 1. The molecule has 0 amide bonds. The van der Waals surface area contributed by atoms with Crippen LogP contribution in [-0.2, 0) is 14.2 Å². The molecule has 1 aliphatic heterocycles. The van der Waals surface area contributed by atoms with Crippen molar-refractivity contribution in [2.75, 3.05) is 20.3 Å². The highest BCUT2D eigenvalue weighted by Crippen LogP contribution is 2.35. The molecular formula is C16H14FN3O5. The van der Waals surface area contributed by atoms with Crippen LogP contribution in [0.5, 0.6) is 0 Å². The number of alkyl halides is 1. The fraction of sp³-hybridized carbons (Fsp3) is 0.312. The molecular weight excluding hydrogens is 333 g/mol. The normalized spacial score (nSPS) is 22.3. The third kappa shape index (κ3) is 2.48. The average molecular weight is 347 g/mol. The van der Waals surface area contributed by atoms with E-state index in [1.54, 1.807) is 12.2 Å². The largest absolute Gasteiger partial charge is 0.487 e. The summed E-state index contributed by atoms with van der Waals surface area (Å²) < 4.78 is 31.4. The highest BCUT2D eigenvalue weighted by atomic mass is 19.1. The van der Waals surface area contributed by atoms with E-state index in [1.807, 2.05) is 0 Å². The van der Waals surface area contributed by atoms with Gasteiger partial charge in [0.05, 0.1) is 13.0 Å². The number of H-pyrrole nitrogens is 1. The number of esters is 1. The zero-order chi connectivity index (χ0) is 17.6. The standard InChI is InChI=1S/C16H14FN3O5/c1-23-16(22)9-6-11-15(21)18-10(7-20(11)19-9)8-2-3-12-14(13(8)17)25-5-4-24-12/h2-3,6-8,13H,4-5H2,1H3,(H,18,21). The summed E-state index contributed by atoms with van der Waals surface area (Å²) in [4.78, 5) is 26.5. The lowest BCUT2D eigenvalue weighted by Gasteiger charge is -2.29. The van der Waals surface area contributed by atoms with Crippen LogP contribution in [0.3, 0.4) is 0 Å². The van der Waals surface area contributed by atoms with Crippen molar-refractivity contribution in [1.29, 1.82) is 0 Å². The number of methoxy groups -OCH3 is 1. The molecule has 4 rings (SSSR count). The van der Waals surface area contributed by atoms with Crippen LogP contribution in [0.15, 0.2) is 40.7 Å². The van der Waals surface area contributed by atoms with Gasteiger partial charge in [-0.15, -0.1) is 0 Å². The van der Waals surface area contributed by atoms with Crippen LogP contribution in [-0.4, -0.2) is 47.1 Å². The number of rotatable bonds is 2. The summed E-state index contributed by atoms with van der Waals surface area (Å²) in [7, 11) is 1.22. The maximum atomic E-state index is 14.8. The van der Waals surface area contributed by atoms with E-state index in [1.165, 1.54) is 23.9 Å². The van der Waals surface area contributed by atoms with Gasteiger partial charge in [0.25, 0.3) is 5.56 Å². The second kappa shape index (κ2) is 5.76. The number of carbonyl (C=O) groups excluding carboxylic acids is 1. The number of halogens is 1. The van der Waals surface area contributed by atoms with E-state index >= 15 is 0 Å². The Labute approximate surface area is 140 Å². The highest BCUT2D eigenvalue weighted by Gasteiger charge is 2.34. The minimum absolute atomic E-state index is 0.00450. The predicted octanol–water partition coefficient (Wildman–Crippen LogP) is 1.06. The molecule has 2 aromatic heterocycles. The summed E-state index contributed by atoms with van der Waals surface area (Å²) in [6, 6.07) is 1.32. The molecule has 130 valence electrons. The molecule has 2 atom stereocenters. The quantitative estimate of drug-likeness (QED) is 0.816. The maximum absolute atomic E-state index is 14.8. The molecule has 0 aromatic carbocycles. The summed E-state index contributed by atoms with van der Waals surface area (Å²) in [5.74, 6) is -0.933. The molecule has 1 N–H and O–H groups in total. The molecule has 0 radical (unpaired) electrons. The van der Waals surface area contributed by atoms with Crippen LogP contribution >= 0.6 is 0 Å². The third-order valence-corrected chi connectivity index (χ3v) is 4.10. The zero-order valence-electron chi connectivity index (χ0n) is 13.2. The Morgan fingerprint density at radius 3 is 3.04 bits per heavy atom. The lowest BCUT2D eigenvalue weighted by molar-refractivity contribution is 0.0390. The van der Waals surface area contributed by atoms with Gasteiger partial charge in [-0.05, 0) is 6.08 Å². The molecule has 0 bridgehead atoms. The molecule has 0 saturated heterocycles. The number of ether oxygens (including phenoxy) is 3. The van der Waals surface area contributed by atoms with Crippen LogP contribution in [0.2, 0.25) is 0 Å². The molecule has 0 spiro atoms. The van der Waals surface area contributed by atoms with Crippen LogP contribution in [0.1, 0.15) is 22.1 Å². The monoisotopic (exact) mass is 347 g/mol. The molecule has 2 aromatic rings. The zero-order valence-corrected chi connectivity index (χ0v) is 13.2. The van der Waals surface area contributed by atoms with Gasteiger partial charge in [-0.2, -0.15) is 5.10 Å². The second-order valence-corrected chi connectivity index (χ2v) is 5.60. The first-order valence-electron chi connectivity index (χ1n) is 7.61. The lowest BCUT2D eigenvalue weighted by atomic mass is 9.93. The number of hydrogen-bond acceptors (Lipinski definition) is 6. The van der Waals surface area contributed by atoms with E-state index in [0.717, 1.165) is 0 Å². The van der Waals surface area contributed by atoms with Crippen molar-refractivity contribution in [3.8, 4) is 0 Å². The lowest BCUT2D eigenvalue weighted by Crippen LogP contribution is -2.28. The molecule has 9 heteroatoms. The molecule has 0 fully saturated rings. The summed E-state index contributed by atoms with van der Waals surface area (Å²) >= 11 is 0. The molecule has 2 aliphatic rings. The van der Waals surface area contributed by atoms with E-state index in [9.17, 15) is 14.0 Å². The molecule has 8 nitrogen and oxygen atoms in total. The smallest absolute Gasteiger partial charge is 0.358 e. The van der Waals surface area contributed by atoms with Crippen molar-refractivity contribution in [2.24, 2.45) is 0 Å². The molecule has 1 aliphatic carbocycles. The van der Waals surface area contributed by atoms with Crippen molar-refractivity contribution < 1.29 is 23.4 Å². The topological polar surface area (TPSA) is 94.9 Å². The molecule has 3 heterocycles. The van der Waals surface area contributed by atoms with E-state index in [-0.39, 0.29) is 23.6 Å². The fourth-order valence-corrected chi connectivity index (χ4v) is 2.90. The summed E-state index contributed by atoms with van der Waals surface area (Å²) in [5, 5.41) is 4.01. The van der Waals surface area contributed by atoms with E-state index in [4.69, 9.17) is 9.47 Å². The van der Waals surface area contributed by atoms with Crippen molar-refractivity contribution in [3.05, 3.63) is 57.7 Å². The Balaban J connectivity index is 1.75. The van der Waals surface area contributed by atoms with Crippen molar-refractivity contribution in [1.82, 2.24) is 14.6 Å². The number of nitrogens with one attached hydrogen (secondary N) is 1. The number of aromatic nitrogens is 3. The Morgan fingerprint density at radius 1 is 1.44 bits per heavy atom. The van der Waals surface area contributed by atoms with Gasteiger partial charge in [0.15, 0.2) is 23.4 Å². The number of allylic oxidation sites excluding steroid dienone is 3. The highest BCUT2D eigenvalue weighted by molar-refractivity contribution is 5.88. The first-order valence-corrected chi connectivity index (χ1v) is 7.61. The van der Waals surface area contributed by atoms with Crippen LogP contribution in [0, 0.1) is 0 Å². The van der Waals surface area contributed by atoms with Gasteiger partial charge < -0.3 is 19.2 Å². The van der Waals surface area contributed by atoms with Gasteiger partial charge in [0, 0.05) is 18.0 Å². The Morgan fingerprint density at radius 2 is 2.24 bits per heavy atom. The minimum Gasteiger partial charge on any atom is -0.487 e. The summed E-state index contributed by atoms with van der Waals surface area (Å²) in [6.45, 7) is 0.643. The Bertz CT molecular complexity index is 974. The fourth-order valence-electron chi connectivity index (χ4n) is 2.90. The van der Waals surface area contributed by atoms with Crippen molar-refractivity contribution in [2.45, 2.75) is 12.1 Å². The number of nitrogens with zero attached hydrogens (tertiary/aromatic N) is 2. The average Bonchev–Trinajstić information content (AvgIpc) is 3.06. The summed E-state index contributed by atoms with van der Waals surface area (Å²) in [5.41, 5.74) is -0.0190. The van der Waals surface area contributed by atoms with Crippen LogP contribution in [0.4, 0.5) is 4.39 Å². The van der Waals surface area contributed by atoms with Crippen LogP contribution in [0.25, 0.3) is 5.52 Å². The minimum atomic E-state index is -1.50. The molecule has 25 heavy (non-hydrogen) atoms. The van der Waals surface area contributed by atoms with Gasteiger partial charge in [-0.3, -0.25) is 4.79 Å². The Kier molecular flexibility index (Phi) is 3.56. The van der Waals surface area contributed by atoms with Crippen molar-refractivity contribution >= 4 is 11.5 Å². The SMILES string of the molecule is COC(=O)c1cc2c(=O)[nH]c(C3C=CC4=C(OCCO4)C3F)cn2n1. The van der Waals surface area contributed by atoms with Gasteiger partial charge in [0.1, 0.15) is 18.7 Å². The molecule has 2 unspecified atom stereocenters.